The minimum Gasteiger partial charge on any atom is -0.316 e. The second-order valence-corrected chi connectivity index (χ2v) is 2.89. The Bertz CT molecular complexity index is 414. The molecule has 0 saturated heterocycles. The molecule has 13 heavy (non-hydrogen) atoms. The summed E-state index contributed by atoms with van der Waals surface area (Å²) in [5.41, 5.74) is 3.17. The van der Waals surface area contributed by atoms with Gasteiger partial charge in [-0.25, -0.2) is 5.48 Å². The van der Waals surface area contributed by atoms with E-state index >= 15 is 0 Å². The molecule has 2 N–H and O–H groups in total. The Morgan fingerprint density at radius 3 is 3.00 bits per heavy atom. The van der Waals surface area contributed by atoms with Crippen molar-refractivity contribution in [2.75, 3.05) is 0 Å². The van der Waals surface area contributed by atoms with E-state index in [4.69, 9.17) is 5.21 Å². The van der Waals surface area contributed by atoms with Crippen molar-refractivity contribution in [3.8, 4) is 0 Å². The van der Waals surface area contributed by atoms with E-state index in [0.717, 1.165) is 16.3 Å². The van der Waals surface area contributed by atoms with Crippen LogP contribution in [0.3, 0.4) is 0 Å². The van der Waals surface area contributed by atoms with E-state index in [0.29, 0.717) is 6.54 Å². The lowest BCUT2D eigenvalue weighted by atomic mass is 10.1. The van der Waals surface area contributed by atoms with Crippen molar-refractivity contribution in [1.82, 2.24) is 10.5 Å². The first kappa shape index (κ1) is 8.16. The number of fused-ring (bicyclic) bond motifs is 1. The highest BCUT2D eigenvalue weighted by Gasteiger charge is 1.94. The molecule has 3 heteroatoms. The average molecular weight is 174 g/mol. The van der Waals surface area contributed by atoms with Gasteiger partial charge in [-0.05, 0) is 23.1 Å². The lowest BCUT2D eigenvalue weighted by molar-refractivity contribution is 0.161. The molecule has 3 nitrogen and oxygen atoms in total. The summed E-state index contributed by atoms with van der Waals surface area (Å²) < 4.78 is 0. The Hall–Kier alpha value is -1.45. The molecule has 0 aliphatic rings. The first-order valence-corrected chi connectivity index (χ1v) is 4.10. The molecule has 0 atom stereocenters. The molecular formula is C10H10N2O. The molecular weight excluding hydrogens is 164 g/mol. The summed E-state index contributed by atoms with van der Waals surface area (Å²) in [5.74, 6) is 0. The second-order valence-electron chi connectivity index (χ2n) is 2.89. The average Bonchev–Trinajstić information content (AvgIpc) is 2.18. The standard InChI is InChI=1S/C10H10N2O/c13-12-6-8-1-2-9-3-4-11-7-10(9)5-8/h1-5,7,12-13H,6H2. The minimum absolute atomic E-state index is 0.463. The molecule has 1 aromatic heterocycles. The molecule has 0 bridgehead atoms. The molecule has 0 aliphatic heterocycles. The summed E-state index contributed by atoms with van der Waals surface area (Å²) in [6, 6.07) is 7.96. The molecule has 0 amide bonds. The summed E-state index contributed by atoms with van der Waals surface area (Å²) in [7, 11) is 0. The van der Waals surface area contributed by atoms with Crippen LogP contribution in [-0.2, 0) is 6.54 Å². The SMILES string of the molecule is ONCc1ccc2ccncc2c1. The van der Waals surface area contributed by atoms with Crippen molar-refractivity contribution in [2.24, 2.45) is 0 Å². The largest absolute Gasteiger partial charge is 0.316 e. The van der Waals surface area contributed by atoms with Gasteiger partial charge in [-0.1, -0.05) is 12.1 Å². The molecule has 1 aromatic carbocycles. The fourth-order valence-corrected chi connectivity index (χ4v) is 1.34. The summed E-state index contributed by atoms with van der Waals surface area (Å²) >= 11 is 0. The fourth-order valence-electron chi connectivity index (χ4n) is 1.34. The van der Waals surface area contributed by atoms with E-state index in [9.17, 15) is 0 Å². The highest BCUT2D eigenvalue weighted by Crippen LogP contribution is 2.13. The fraction of sp³-hybridized carbons (Fsp3) is 0.100. The number of hydrogen-bond donors (Lipinski definition) is 2. The Morgan fingerprint density at radius 2 is 2.15 bits per heavy atom. The van der Waals surface area contributed by atoms with Crippen LogP contribution in [0, 0.1) is 0 Å². The van der Waals surface area contributed by atoms with Crippen molar-refractivity contribution < 1.29 is 5.21 Å². The monoisotopic (exact) mass is 174 g/mol. The van der Waals surface area contributed by atoms with Gasteiger partial charge in [0.1, 0.15) is 0 Å². The van der Waals surface area contributed by atoms with Gasteiger partial charge in [0.25, 0.3) is 0 Å². The zero-order chi connectivity index (χ0) is 9.10. The highest BCUT2D eigenvalue weighted by molar-refractivity contribution is 5.81. The van der Waals surface area contributed by atoms with Gasteiger partial charge in [-0.2, -0.15) is 0 Å². The second kappa shape index (κ2) is 3.51. The third-order valence-corrected chi connectivity index (χ3v) is 1.99. The van der Waals surface area contributed by atoms with Gasteiger partial charge in [-0.3, -0.25) is 4.98 Å². The maximum absolute atomic E-state index is 8.53. The van der Waals surface area contributed by atoms with Gasteiger partial charge in [0.05, 0.1) is 0 Å². The van der Waals surface area contributed by atoms with E-state index in [1.54, 1.807) is 6.20 Å². The maximum atomic E-state index is 8.53. The Labute approximate surface area is 76.0 Å². The highest BCUT2D eigenvalue weighted by atomic mass is 16.5. The van der Waals surface area contributed by atoms with E-state index in [2.05, 4.69) is 10.5 Å². The number of hydroxylamine groups is 1. The number of aromatic nitrogens is 1. The number of hydrogen-bond acceptors (Lipinski definition) is 3. The number of nitrogens with one attached hydrogen (secondary N) is 1. The van der Waals surface area contributed by atoms with Crippen LogP contribution < -0.4 is 5.48 Å². The van der Waals surface area contributed by atoms with E-state index in [-0.39, 0.29) is 0 Å². The van der Waals surface area contributed by atoms with Crippen molar-refractivity contribution in [1.29, 1.82) is 0 Å². The zero-order valence-electron chi connectivity index (χ0n) is 7.07. The first-order valence-electron chi connectivity index (χ1n) is 4.10. The van der Waals surface area contributed by atoms with Crippen molar-refractivity contribution in [3.63, 3.8) is 0 Å². The molecule has 0 unspecified atom stereocenters. The van der Waals surface area contributed by atoms with Crippen molar-refractivity contribution in [3.05, 3.63) is 42.2 Å². The van der Waals surface area contributed by atoms with E-state index in [1.807, 2.05) is 30.5 Å². The van der Waals surface area contributed by atoms with Crippen LogP contribution in [0.15, 0.2) is 36.7 Å². The molecule has 0 radical (unpaired) electrons. The predicted octanol–water partition coefficient (Wildman–Crippen LogP) is 1.71. The van der Waals surface area contributed by atoms with Gasteiger partial charge >= 0.3 is 0 Å². The molecule has 0 aliphatic carbocycles. The Kier molecular flexibility index (Phi) is 2.21. The smallest absolute Gasteiger partial charge is 0.0458 e. The number of nitrogens with zero attached hydrogens (tertiary/aromatic N) is 1. The van der Waals surface area contributed by atoms with Crippen LogP contribution >= 0.6 is 0 Å². The lowest BCUT2D eigenvalue weighted by Crippen LogP contribution is -2.05. The molecule has 0 spiro atoms. The minimum atomic E-state index is 0.463. The zero-order valence-corrected chi connectivity index (χ0v) is 7.07. The van der Waals surface area contributed by atoms with E-state index < -0.39 is 0 Å². The number of rotatable bonds is 2. The van der Waals surface area contributed by atoms with E-state index in [1.165, 1.54) is 0 Å². The van der Waals surface area contributed by atoms with Gasteiger partial charge in [-0.15, -0.1) is 0 Å². The molecule has 0 fully saturated rings. The van der Waals surface area contributed by atoms with Crippen molar-refractivity contribution in [2.45, 2.75) is 6.54 Å². The third-order valence-electron chi connectivity index (χ3n) is 1.99. The van der Waals surface area contributed by atoms with Crippen LogP contribution in [0.2, 0.25) is 0 Å². The predicted molar refractivity (Wildman–Crippen MR) is 50.4 cm³/mol. The third kappa shape index (κ3) is 1.66. The van der Waals surface area contributed by atoms with Crippen molar-refractivity contribution >= 4 is 10.8 Å². The molecule has 2 aromatic rings. The summed E-state index contributed by atoms with van der Waals surface area (Å²) in [4.78, 5) is 4.03. The summed E-state index contributed by atoms with van der Waals surface area (Å²) in [6.07, 6.45) is 3.59. The van der Waals surface area contributed by atoms with Crippen LogP contribution in [0.5, 0.6) is 0 Å². The van der Waals surface area contributed by atoms with Gasteiger partial charge in [0, 0.05) is 24.3 Å². The maximum Gasteiger partial charge on any atom is 0.0458 e. The number of pyridine rings is 1. The lowest BCUT2D eigenvalue weighted by Gasteiger charge is -2.01. The van der Waals surface area contributed by atoms with Gasteiger partial charge < -0.3 is 5.21 Å². The Morgan fingerprint density at radius 1 is 1.23 bits per heavy atom. The first-order chi connectivity index (χ1) is 6.40. The summed E-state index contributed by atoms with van der Waals surface area (Å²) in [5, 5.41) is 10.8. The van der Waals surface area contributed by atoms with Crippen LogP contribution in [0.25, 0.3) is 10.8 Å². The topological polar surface area (TPSA) is 45.1 Å². The number of benzene rings is 1. The quantitative estimate of drug-likeness (QED) is 0.681. The summed E-state index contributed by atoms with van der Waals surface area (Å²) in [6.45, 7) is 0.463. The van der Waals surface area contributed by atoms with Gasteiger partial charge in [0.2, 0.25) is 0 Å². The molecule has 0 saturated carbocycles. The van der Waals surface area contributed by atoms with Crippen LogP contribution in [-0.4, -0.2) is 10.2 Å². The molecule has 1 heterocycles. The van der Waals surface area contributed by atoms with Crippen LogP contribution in [0.4, 0.5) is 0 Å². The van der Waals surface area contributed by atoms with Gasteiger partial charge in [0.15, 0.2) is 0 Å². The molecule has 2 rings (SSSR count). The normalized spacial score (nSPS) is 10.5. The van der Waals surface area contributed by atoms with Crippen LogP contribution in [0.1, 0.15) is 5.56 Å². The molecule has 66 valence electrons. The Balaban J connectivity index is 2.49.